The highest BCUT2D eigenvalue weighted by Crippen LogP contribution is 2.33. The van der Waals surface area contributed by atoms with E-state index in [9.17, 15) is 17.6 Å². The standard InChI is InChI=1S/C14H15FN4O3S/c1-23(21,22)19-6-10-11(7-19)17-18-13(10)12(14(16)20)8-3-2-4-9(15)5-8/h2-5,12H,6-7H2,1H3,(H2,16,20)(H,17,18). The lowest BCUT2D eigenvalue weighted by molar-refractivity contribution is -0.118. The predicted molar refractivity (Wildman–Crippen MR) is 80.1 cm³/mol. The van der Waals surface area contributed by atoms with E-state index in [4.69, 9.17) is 5.73 Å². The van der Waals surface area contributed by atoms with Crippen molar-refractivity contribution >= 4 is 15.9 Å². The molecule has 2 heterocycles. The zero-order valence-electron chi connectivity index (χ0n) is 12.3. The van der Waals surface area contributed by atoms with Crippen LogP contribution in [0, 0.1) is 5.82 Å². The van der Waals surface area contributed by atoms with Gasteiger partial charge in [0.25, 0.3) is 0 Å². The molecular formula is C14H15FN4O3S. The van der Waals surface area contributed by atoms with Crippen molar-refractivity contribution in [3.63, 3.8) is 0 Å². The number of halogens is 1. The van der Waals surface area contributed by atoms with E-state index in [0.29, 0.717) is 22.5 Å². The Morgan fingerprint density at radius 3 is 2.78 bits per heavy atom. The molecule has 0 bridgehead atoms. The fraction of sp³-hybridized carbons (Fsp3) is 0.286. The average molecular weight is 338 g/mol. The van der Waals surface area contributed by atoms with Crippen LogP contribution in [0.2, 0.25) is 0 Å². The molecule has 0 radical (unpaired) electrons. The second-order valence-electron chi connectivity index (χ2n) is 5.49. The molecule has 1 aromatic carbocycles. The van der Waals surface area contributed by atoms with E-state index < -0.39 is 27.7 Å². The van der Waals surface area contributed by atoms with Crippen molar-refractivity contribution in [3.8, 4) is 0 Å². The highest BCUT2D eigenvalue weighted by atomic mass is 32.2. The number of carbonyl (C=O) groups excluding carboxylic acids is 1. The second-order valence-corrected chi connectivity index (χ2v) is 7.47. The number of nitrogens with two attached hydrogens (primary N) is 1. The van der Waals surface area contributed by atoms with Gasteiger partial charge in [-0.3, -0.25) is 9.89 Å². The summed E-state index contributed by atoms with van der Waals surface area (Å²) in [5.41, 5.74) is 7.43. The van der Waals surface area contributed by atoms with Gasteiger partial charge in [-0.15, -0.1) is 0 Å². The molecule has 0 aliphatic carbocycles. The van der Waals surface area contributed by atoms with Crippen LogP contribution in [-0.2, 0) is 27.9 Å². The molecule has 0 spiro atoms. The van der Waals surface area contributed by atoms with Gasteiger partial charge in [-0.05, 0) is 17.7 Å². The normalized spacial score (nSPS) is 16.3. The first-order chi connectivity index (χ1) is 10.8. The monoisotopic (exact) mass is 338 g/mol. The largest absolute Gasteiger partial charge is 0.369 e. The zero-order chi connectivity index (χ0) is 16.8. The molecular weight excluding hydrogens is 323 g/mol. The van der Waals surface area contributed by atoms with Gasteiger partial charge in [0, 0.05) is 12.1 Å². The van der Waals surface area contributed by atoms with Crippen LogP contribution in [-0.4, -0.2) is 35.1 Å². The van der Waals surface area contributed by atoms with Gasteiger partial charge in [0.05, 0.1) is 24.2 Å². The SMILES string of the molecule is CS(=O)(=O)N1Cc2[nH]nc(C(C(N)=O)c3cccc(F)c3)c2C1. The lowest BCUT2D eigenvalue weighted by Gasteiger charge is -2.15. The van der Waals surface area contributed by atoms with E-state index in [0.717, 1.165) is 6.26 Å². The van der Waals surface area contributed by atoms with Gasteiger partial charge in [-0.2, -0.15) is 9.40 Å². The molecule has 1 amide bonds. The first-order valence-electron chi connectivity index (χ1n) is 6.83. The summed E-state index contributed by atoms with van der Waals surface area (Å²) in [7, 11) is -3.36. The molecule has 0 saturated heterocycles. The molecule has 1 atom stereocenters. The van der Waals surface area contributed by atoms with Crippen LogP contribution in [0.3, 0.4) is 0 Å². The number of benzene rings is 1. The molecule has 1 unspecified atom stereocenters. The number of nitrogens with one attached hydrogen (secondary N) is 1. The van der Waals surface area contributed by atoms with E-state index in [2.05, 4.69) is 10.2 Å². The number of nitrogens with zero attached hydrogens (tertiary/aromatic N) is 2. The molecule has 7 nitrogen and oxygen atoms in total. The van der Waals surface area contributed by atoms with Crippen molar-refractivity contribution in [2.45, 2.75) is 19.0 Å². The lowest BCUT2D eigenvalue weighted by Crippen LogP contribution is -2.26. The summed E-state index contributed by atoms with van der Waals surface area (Å²) in [5, 5.41) is 6.86. The third kappa shape index (κ3) is 2.84. The maximum Gasteiger partial charge on any atom is 0.231 e. The number of primary amides is 1. The molecule has 3 N–H and O–H groups in total. The highest BCUT2D eigenvalue weighted by Gasteiger charge is 2.34. The van der Waals surface area contributed by atoms with E-state index in [1.165, 1.54) is 22.5 Å². The van der Waals surface area contributed by atoms with Gasteiger partial charge in [0.2, 0.25) is 15.9 Å². The topological polar surface area (TPSA) is 109 Å². The third-order valence-corrected chi connectivity index (χ3v) is 5.06. The minimum Gasteiger partial charge on any atom is -0.369 e. The number of hydrogen-bond donors (Lipinski definition) is 2. The van der Waals surface area contributed by atoms with E-state index in [1.54, 1.807) is 6.07 Å². The minimum absolute atomic E-state index is 0.110. The zero-order valence-corrected chi connectivity index (χ0v) is 13.1. The van der Waals surface area contributed by atoms with Crippen molar-refractivity contribution in [1.82, 2.24) is 14.5 Å². The van der Waals surface area contributed by atoms with E-state index in [1.807, 2.05) is 0 Å². The van der Waals surface area contributed by atoms with Crippen LogP contribution < -0.4 is 5.73 Å². The number of H-pyrrole nitrogens is 1. The van der Waals surface area contributed by atoms with Crippen molar-refractivity contribution in [3.05, 3.63) is 52.6 Å². The first-order valence-corrected chi connectivity index (χ1v) is 8.68. The smallest absolute Gasteiger partial charge is 0.231 e. The van der Waals surface area contributed by atoms with Gasteiger partial charge in [-0.25, -0.2) is 12.8 Å². The fourth-order valence-corrected chi connectivity index (χ4v) is 3.48. The molecule has 1 aliphatic heterocycles. The van der Waals surface area contributed by atoms with Crippen LogP contribution >= 0.6 is 0 Å². The molecule has 3 rings (SSSR count). The van der Waals surface area contributed by atoms with Gasteiger partial charge < -0.3 is 5.73 Å². The molecule has 1 aliphatic rings. The summed E-state index contributed by atoms with van der Waals surface area (Å²) in [5.74, 6) is -2.10. The number of carbonyl (C=O) groups is 1. The Morgan fingerprint density at radius 1 is 1.43 bits per heavy atom. The highest BCUT2D eigenvalue weighted by molar-refractivity contribution is 7.88. The molecule has 2 aromatic rings. The molecule has 9 heteroatoms. The van der Waals surface area contributed by atoms with Crippen LogP contribution in [0.1, 0.15) is 28.4 Å². The summed E-state index contributed by atoms with van der Waals surface area (Å²) in [6.07, 6.45) is 1.12. The quantitative estimate of drug-likeness (QED) is 0.843. The molecule has 1 aromatic heterocycles. The van der Waals surface area contributed by atoms with Crippen LogP contribution in [0.25, 0.3) is 0 Å². The van der Waals surface area contributed by atoms with Crippen molar-refractivity contribution in [2.75, 3.05) is 6.26 Å². The number of aromatic nitrogens is 2. The summed E-state index contributed by atoms with van der Waals surface area (Å²) in [6, 6.07) is 5.56. The number of amides is 1. The van der Waals surface area contributed by atoms with Crippen molar-refractivity contribution in [1.29, 1.82) is 0 Å². The first kappa shape index (κ1) is 15.6. The second kappa shape index (κ2) is 5.43. The fourth-order valence-electron chi connectivity index (χ4n) is 2.75. The van der Waals surface area contributed by atoms with Crippen molar-refractivity contribution < 1.29 is 17.6 Å². The molecule has 23 heavy (non-hydrogen) atoms. The third-order valence-electron chi connectivity index (χ3n) is 3.86. The number of aromatic amines is 1. The number of hydrogen-bond acceptors (Lipinski definition) is 4. The van der Waals surface area contributed by atoms with Gasteiger partial charge in [-0.1, -0.05) is 12.1 Å². The van der Waals surface area contributed by atoms with Crippen LogP contribution in [0.4, 0.5) is 4.39 Å². The summed E-state index contributed by atoms with van der Waals surface area (Å²) < 4.78 is 38.1. The van der Waals surface area contributed by atoms with Gasteiger partial charge >= 0.3 is 0 Å². The van der Waals surface area contributed by atoms with E-state index >= 15 is 0 Å². The molecule has 122 valence electrons. The van der Waals surface area contributed by atoms with Crippen LogP contribution in [0.5, 0.6) is 0 Å². The van der Waals surface area contributed by atoms with Crippen LogP contribution in [0.15, 0.2) is 24.3 Å². The summed E-state index contributed by atoms with van der Waals surface area (Å²) >= 11 is 0. The lowest BCUT2D eigenvalue weighted by atomic mass is 9.92. The Bertz CT molecular complexity index is 878. The number of fused-ring (bicyclic) bond motifs is 1. The Hall–Kier alpha value is -2.26. The maximum absolute atomic E-state index is 13.5. The van der Waals surface area contributed by atoms with Crippen molar-refractivity contribution in [2.24, 2.45) is 5.73 Å². The van der Waals surface area contributed by atoms with Gasteiger partial charge in [0.15, 0.2) is 0 Å². The molecule has 0 fully saturated rings. The minimum atomic E-state index is -3.36. The molecule has 0 saturated carbocycles. The number of sulfonamides is 1. The maximum atomic E-state index is 13.5. The summed E-state index contributed by atoms with van der Waals surface area (Å²) in [6.45, 7) is 0.273. The summed E-state index contributed by atoms with van der Waals surface area (Å²) in [4.78, 5) is 11.9. The predicted octanol–water partition coefficient (Wildman–Crippen LogP) is 0.441. The number of rotatable bonds is 4. The Kier molecular flexibility index (Phi) is 3.69. The van der Waals surface area contributed by atoms with Gasteiger partial charge in [0.1, 0.15) is 11.7 Å². The Morgan fingerprint density at radius 2 is 2.17 bits per heavy atom. The Balaban J connectivity index is 2.04. The average Bonchev–Trinajstić information content (AvgIpc) is 3.00. The Labute approximate surface area is 132 Å². The van der Waals surface area contributed by atoms with E-state index in [-0.39, 0.29) is 13.1 Å².